The highest BCUT2D eigenvalue weighted by Gasteiger charge is 2.35. The summed E-state index contributed by atoms with van der Waals surface area (Å²) < 4.78 is 0. The van der Waals surface area contributed by atoms with Gasteiger partial charge in [0.05, 0.1) is 5.60 Å². The average Bonchev–Trinajstić information content (AvgIpc) is 2.73. The summed E-state index contributed by atoms with van der Waals surface area (Å²) >= 11 is 3.65. The zero-order valence-corrected chi connectivity index (χ0v) is 10.7. The van der Waals surface area contributed by atoms with Gasteiger partial charge in [-0.2, -0.15) is 23.1 Å². The predicted octanol–water partition coefficient (Wildman–Crippen LogP) is 3.33. The fraction of sp³-hybridized carbons (Fsp3) is 0.667. The predicted molar refractivity (Wildman–Crippen MR) is 68.7 cm³/mol. The number of thiophene rings is 1. The lowest BCUT2D eigenvalue weighted by molar-refractivity contribution is 0.0212. The number of aryl methyl sites for hydroxylation is 1. The Labute approximate surface area is 99.9 Å². The van der Waals surface area contributed by atoms with Crippen LogP contribution in [0.2, 0.25) is 0 Å². The van der Waals surface area contributed by atoms with E-state index in [1.54, 1.807) is 11.3 Å². The number of hydrogen-bond donors (Lipinski definition) is 1. The van der Waals surface area contributed by atoms with Gasteiger partial charge in [-0.3, -0.25) is 0 Å². The molecular weight excluding hydrogens is 224 g/mol. The largest absolute Gasteiger partial charge is 0.389 e. The van der Waals surface area contributed by atoms with Gasteiger partial charge in [-0.15, -0.1) is 0 Å². The Kier molecular flexibility index (Phi) is 3.75. The molecule has 1 saturated heterocycles. The molecule has 1 aliphatic heterocycles. The second-order valence-electron chi connectivity index (χ2n) is 4.35. The molecule has 2 heterocycles. The van der Waals surface area contributed by atoms with Crippen molar-refractivity contribution in [3.63, 3.8) is 0 Å². The lowest BCUT2D eigenvalue weighted by Crippen LogP contribution is -2.42. The van der Waals surface area contributed by atoms with Crippen molar-refractivity contribution in [1.82, 2.24) is 0 Å². The molecule has 0 aliphatic carbocycles. The topological polar surface area (TPSA) is 20.2 Å². The Morgan fingerprint density at radius 3 is 3.13 bits per heavy atom. The van der Waals surface area contributed by atoms with Crippen LogP contribution in [0.3, 0.4) is 0 Å². The molecule has 1 aliphatic rings. The molecule has 0 bridgehead atoms. The summed E-state index contributed by atoms with van der Waals surface area (Å²) in [4.78, 5) is 0. The van der Waals surface area contributed by atoms with Crippen LogP contribution in [0, 0.1) is 0 Å². The van der Waals surface area contributed by atoms with Crippen LogP contribution < -0.4 is 0 Å². The number of hydrogen-bond acceptors (Lipinski definition) is 3. The third-order valence-corrected chi connectivity index (χ3v) is 5.50. The SMILES string of the molecule is CC1SCCCC1(O)CCc1ccsc1. The van der Waals surface area contributed by atoms with E-state index in [1.165, 1.54) is 11.3 Å². The van der Waals surface area contributed by atoms with Crippen molar-refractivity contribution in [3.8, 4) is 0 Å². The van der Waals surface area contributed by atoms with E-state index in [9.17, 15) is 5.11 Å². The lowest BCUT2D eigenvalue weighted by Gasteiger charge is -2.37. The molecule has 0 aromatic carbocycles. The third kappa shape index (κ3) is 2.77. The third-order valence-electron chi connectivity index (χ3n) is 3.31. The molecule has 1 aromatic heterocycles. The van der Waals surface area contributed by atoms with Gasteiger partial charge in [-0.05, 0) is 53.8 Å². The van der Waals surface area contributed by atoms with Crippen molar-refractivity contribution in [2.24, 2.45) is 0 Å². The minimum absolute atomic E-state index is 0.393. The molecule has 1 fully saturated rings. The van der Waals surface area contributed by atoms with Crippen LogP contribution in [0.5, 0.6) is 0 Å². The molecule has 2 atom stereocenters. The van der Waals surface area contributed by atoms with Crippen LogP contribution in [0.25, 0.3) is 0 Å². The van der Waals surface area contributed by atoms with Gasteiger partial charge in [-0.25, -0.2) is 0 Å². The zero-order chi connectivity index (χ0) is 10.7. The molecule has 84 valence electrons. The Balaban J connectivity index is 1.91. The summed E-state index contributed by atoms with van der Waals surface area (Å²) in [6.45, 7) is 2.16. The van der Waals surface area contributed by atoms with Gasteiger partial charge in [0.15, 0.2) is 0 Å². The average molecular weight is 242 g/mol. The Bertz CT molecular complexity index is 297. The van der Waals surface area contributed by atoms with E-state index in [-0.39, 0.29) is 0 Å². The van der Waals surface area contributed by atoms with Gasteiger partial charge in [-0.1, -0.05) is 6.92 Å². The summed E-state index contributed by atoms with van der Waals surface area (Å²) in [6, 6.07) is 2.16. The fourth-order valence-corrected chi connectivity index (χ4v) is 4.03. The van der Waals surface area contributed by atoms with Crippen LogP contribution in [-0.2, 0) is 6.42 Å². The van der Waals surface area contributed by atoms with Gasteiger partial charge in [0.1, 0.15) is 0 Å². The van der Waals surface area contributed by atoms with Crippen LogP contribution in [0.15, 0.2) is 16.8 Å². The van der Waals surface area contributed by atoms with Gasteiger partial charge in [0, 0.05) is 5.25 Å². The van der Waals surface area contributed by atoms with Crippen molar-refractivity contribution in [3.05, 3.63) is 22.4 Å². The number of aliphatic hydroxyl groups is 1. The maximum atomic E-state index is 10.5. The summed E-state index contributed by atoms with van der Waals surface area (Å²) in [5, 5.41) is 15.2. The first-order chi connectivity index (χ1) is 7.21. The molecule has 0 radical (unpaired) electrons. The van der Waals surface area contributed by atoms with Crippen LogP contribution in [-0.4, -0.2) is 21.7 Å². The van der Waals surface area contributed by atoms with Crippen LogP contribution in [0.4, 0.5) is 0 Å². The van der Waals surface area contributed by atoms with E-state index in [4.69, 9.17) is 0 Å². The van der Waals surface area contributed by atoms with Crippen LogP contribution in [0.1, 0.15) is 31.7 Å². The van der Waals surface area contributed by atoms with Gasteiger partial charge in [0.2, 0.25) is 0 Å². The normalized spacial score (nSPS) is 31.7. The summed E-state index contributed by atoms with van der Waals surface area (Å²) in [5.74, 6) is 1.21. The minimum Gasteiger partial charge on any atom is -0.389 e. The molecule has 1 aromatic rings. The number of rotatable bonds is 3. The first kappa shape index (κ1) is 11.5. The highest BCUT2D eigenvalue weighted by Crippen LogP contribution is 2.37. The molecule has 0 saturated carbocycles. The summed E-state index contributed by atoms with van der Waals surface area (Å²) in [6.07, 6.45) is 4.07. The zero-order valence-electron chi connectivity index (χ0n) is 9.11. The van der Waals surface area contributed by atoms with E-state index in [2.05, 4.69) is 23.8 Å². The Morgan fingerprint density at radius 2 is 2.47 bits per heavy atom. The van der Waals surface area contributed by atoms with E-state index in [0.717, 1.165) is 25.7 Å². The summed E-state index contributed by atoms with van der Waals surface area (Å²) in [7, 11) is 0. The van der Waals surface area contributed by atoms with Crippen molar-refractivity contribution in [2.75, 3.05) is 5.75 Å². The van der Waals surface area contributed by atoms with Crippen molar-refractivity contribution < 1.29 is 5.11 Å². The quantitative estimate of drug-likeness (QED) is 0.877. The Hall–Kier alpha value is 0.01000. The van der Waals surface area contributed by atoms with Gasteiger partial charge in [0.25, 0.3) is 0 Å². The smallest absolute Gasteiger partial charge is 0.0766 e. The van der Waals surface area contributed by atoms with E-state index < -0.39 is 5.60 Å². The highest BCUT2D eigenvalue weighted by atomic mass is 32.2. The van der Waals surface area contributed by atoms with Gasteiger partial charge >= 0.3 is 0 Å². The molecule has 1 N–H and O–H groups in total. The maximum absolute atomic E-state index is 10.5. The second kappa shape index (κ2) is 4.89. The van der Waals surface area contributed by atoms with Crippen molar-refractivity contribution >= 4 is 23.1 Å². The molecule has 15 heavy (non-hydrogen) atoms. The first-order valence-corrected chi connectivity index (χ1v) is 7.55. The van der Waals surface area contributed by atoms with Crippen molar-refractivity contribution in [1.29, 1.82) is 0 Å². The van der Waals surface area contributed by atoms with E-state index in [1.807, 2.05) is 11.8 Å². The monoisotopic (exact) mass is 242 g/mol. The standard InChI is InChI=1S/C12H18OS2/c1-10-12(13,5-2-7-15-10)6-3-11-4-8-14-9-11/h4,8-10,13H,2-3,5-7H2,1H3. The van der Waals surface area contributed by atoms with Gasteiger partial charge < -0.3 is 5.11 Å². The maximum Gasteiger partial charge on any atom is 0.0766 e. The molecule has 1 nitrogen and oxygen atoms in total. The number of thioether (sulfide) groups is 1. The molecule has 0 amide bonds. The first-order valence-electron chi connectivity index (χ1n) is 5.56. The molecular formula is C12H18OS2. The molecule has 2 rings (SSSR count). The lowest BCUT2D eigenvalue weighted by atomic mass is 9.88. The Morgan fingerprint density at radius 1 is 1.60 bits per heavy atom. The van der Waals surface area contributed by atoms with Crippen molar-refractivity contribution in [2.45, 2.75) is 43.5 Å². The fourth-order valence-electron chi connectivity index (χ4n) is 2.12. The van der Waals surface area contributed by atoms with Crippen LogP contribution >= 0.6 is 23.1 Å². The molecule has 2 unspecified atom stereocenters. The van der Waals surface area contributed by atoms with E-state index >= 15 is 0 Å². The highest BCUT2D eigenvalue weighted by molar-refractivity contribution is 8.00. The molecule has 0 spiro atoms. The summed E-state index contributed by atoms with van der Waals surface area (Å²) in [5.41, 5.74) is 0.946. The minimum atomic E-state index is -0.426. The van der Waals surface area contributed by atoms with E-state index in [0.29, 0.717) is 5.25 Å². The molecule has 3 heteroatoms. The second-order valence-corrected chi connectivity index (χ2v) is 6.58.